The Balaban J connectivity index is 1.35. The zero-order chi connectivity index (χ0) is 18.6. The molecule has 1 nitrogen and oxygen atoms in total. The summed E-state index contributed by atoms with van der Waals surface area (Å²) in [5.41, 5.74) is 0. The van der Waals surface area contributed by atoms with Crippen molar-refractivity contribution in [1.82, 2.24) is 0 Å². The molecule has 0 radical (unpaired) electrons. The minimum absolute atomic E-state index is 0.383. The fourth-order valence-corrected chi connectivity index (χ4v) is 5.78. The van der Waals surface area contributed by atoms with Crippen LogP contribution in [0.5, 0.6) is 0 Å². The van der Waals surface area contributed by atoms with Crippen LogP contribution in [0.15, 0.2) is 0 Å². The van der Waals surface area contributed by atoms with Crippen molar-refractivity contribution in [3.63, 3.8) is 0 Å². The molecule has 0 aliphatic heterocycles. The average molecular weight is 363 g/mol. The molecule has 0 aromatic carbocycles. The van der Waals surface area contributed by atoms with Crippen molar-refractivity contribution in [3.05, 3.63) is 0 Å². The Morgan fingerprint density at radius 3 is 2.04 bits per heavy atom. The van der Waals surface area contributed by atoms with E-state index >= 15 is 0 Å². The molecule has 26 heavy (non-hydrogen) atoms. The number of unbranched alkanes of at least 4 members (excludes halogenated alkanes) is 7. The topological polar surface area (TPSA) is 17.1 Å². The summed E-state index contributed by atoms with van der Waals surface area (Å²) in [5.74, 6) is 4.22. The Labute approximate surface area is 164 Å². The smallest absolute Gasteiger partial charge is 0.123 e. The van der Waals surface area contributed by atoms with Crippen molar-refractivity contribution in [3.8, 4) is 0 Å². The highest BCUT2D eigenvalue weighted by molar-refractivity contribution is 5.53. The molecule has 0 aromatic heterocycles. The van der Waals surface area contributed by atoms with Crippen molar-refractivity contribution in [2.45, 2.75) is 123 Å². The highest BCUT2D eigenvalue weighted by Crippen LogP contribution is 2.36. The molecule has 0 amide bonds. The molecule has 0 aromatic rings. The van der Waals surface area contributed by atoms with Gasteiger partial charge in [-0.3, -0.25) is 0 Å². The molecule has 0 heterocycles. The molecule has 152 valence electrons. The molecule has 2 aliphatic carbocycles. The number of hydrogen-bond acceptors (Lipinski definition) is 1. The van der Waals surface area contributed by atoms with Gasteiger partial charge in [0.05, 0.1) is 0 Å². The van der Waals surface area contributed by atoms with Gasteiger partial charge in [-0.15, -0.1) is 0 Å². The van der Waals surface area contributed by atoms with Crippen LogP contribution in [-0.2, 0) is 4.79 Å². The normalized spacial score (nSPS) is 32.5. The van der Waals surface area contributed by atoms with E-state index in [0.717, 1.165) is 30.1 Å². The number of carbonyl (C=O) groups excluding carboxylic acids is 1. The largest absolute Gasteiger partial charge is 0.303 e. The van der Waals surface area contributed by atoms with E-state index in [4.69, 9.17) is 0 Å². The molecule has 2 rings (SSSR count). The zero-order valence-corrected chi connectivity index (χ0v) is 17.9. The van der Waals surface area contributed by atoms with Gasteiger partial charge in [0.25, 0.3) is 0 Å². The van der Waals surface area contributed by atoms with Crippen molar-refractivity contribution in [2.75, 3.05) is 0 Å². The molecule has 2 fully saturated rings. The summed E-state index contributed by atoms with van der Waals surface area (Å²) < 4.78 is 0. The number of carbonyl (C=O) groups is 1. The van der Waals surface area contributed by atoms with Crippen LogP contribution in [-0.4, -0.2) is 6.29 Å². The van der Waals surface area contributed by atoms with Crippen LogP contribution in [0.25, 0.3) is 0 Å². The van der Waals surface area contributed by atoms with Crippen LogP contribution in [0, 0.1) is 29.6 Å². The quantitative estimate of drug-likeness (QED) is 0.254. The van der Waals surface area contributed by atoms with E-state index in [2.05, 4.69) is 13.8 Å². The molecule has 0 bridgehead atoms. The third kappa shape index (κ3) is 8.57. The molecule has 5 atom stereocenters. The number of hydrogen-bond donors (Lipinski definition) is 0. The molecule has 2 aliphatic rings. The second-order valence-electron chi connectivity index (χ2n) is 9.99. The van der Waals surface area contributed by atoms with Crippen LogP contribution in [0.4, 0.5) is 0 Å². The first-order valence-electron chi connectivity index (χ1n) is 12.1. The third-order valence-electron chi connectivity index (χ3n) is 7.56. The molecule has 0 N–H and O–H groups in total. The number of aldehydes is 1. The summed E-state index contributed by atoms with van der Waals surface area (Å²) in [5, 5.41) is 0. The van der Waals surface area contributed by atoms with Gasteiger partial charge in [-0.05, 0) is 49.4 Å². The fraction of sp³-hybridized carbons (Fsp3) is 0.960. The van der Waals surface area contributed by atoms with Gasteiger partial charge in [0.2, 0.25) is 0 Å². The lowest BCUT2D eigenvalue weighted by Crippen LogP contribution is -2.21. The monoisotopic (exact) mass is 362 g/mol. The van der Waals surface area contributed by atoms with Crippen molar-refractivity contribution in [2.24, 2.45) is 29.6 Å². The van der Waals surface area contributed by atoms with E-state index in [1.807, 2.05) is 0 Å². The highest BCUT2D eigenvalue weighted by Gasteiger charge is 2.24. The summed E-state index contributed by atoms with van der Waals surface area (Å²) in [4.78, 5) is 10.9. The summed E-state index contributed by atoms with van der Waals surface area (Å²) in [6.07, 6.45) is 25.1. The fourth-order valence-electron chi connectivity index (χ4n) is 5.78. The van der Waals surface area contributed by atoms with Crippen molar-refractivity contribution in [1.29, 1.82) is 0 Å². The van der Waals surface area contributed by atoms with E-state index in [-0.39, 0.29) is 0 Å². The maximum atomic E-state index is 10.9. The lowest BCUT2D eigenvalue weighted by atomic mass is 9.73. The average Bonchev–Trinajstić information content (AvgIpc) is 2.65. The Kier molecular flexibility index (Phi) is 10.9. The van der Waals surface area contributed by atoms with Crippen LogP contribution in [0.2, 0.25) is 0 Å². The van der Waals surface area contributed by atoms with Gasteiger partial charge in [-0.1, -0.05) is 97.3 Å². The van der Waals surface area contributed by atoms with E-state index in [0.29, 0.717) is 5.92 Å². The first-order chi connectivity index (χ1) is 12.7. The van der Waals surface area contributed by atoms with Crippen LogP contribution in [0.3, 0.4) is 0 Å². The van der Waals surface area contributed by atoms with Gasteiger partial charge in [0, 0.05) is 5.92 Å². The lowest BCUT2D eigenvalue weighted by Gasteiger charge is -2.32. The summed E-state index contributed by atoms with van der Waals surface area (Å²) in [7, 11) is 0. The van der Waals surface area contributed by atoms with Gasteiger partial charge in [-0.2, -0.15) is 0 Å². The molecule has 0 spiro atoms. The molecule has 0 saturated heterocycles. The van der Waals surface area contributed by atoms with E-state index in [9.17, 15) is 4.79 Å². The summed E-state index contributed by atoms with van der Waals surface area (Å²) in [6, 6.07) is 0. The van der Waals surface area contributed by atoms with Gasteiger partial charge in [-0.25, -0.2) is 0 Å². The first kappa shape index (κ1) is 22.0. The number of rotatable bonds is 12. The third-order valence-corrected chi connectivity index (χ3v) is 7.56. The van der Waals surface area contributed by atoms with Gasteiger partial charge < -0.3 is 4.79 Å². The molecule has 5 unspecified atom stereocenters. The van der Waals surface area contributed by atoms with Crippen molar-refractivity contribution < 1.29 is 4.79 Å². The first-order valence-corrected chi connectivity index (χ1v) is 12.1. The van der Waals surface area contributed by atoms with Gasteiger partial charge >= 0.3 is 0 Å². The molecular weight excluding hydrogens is 316 g/mol. The van der Waals surface area contributed by atoms with E-state index in [1.165, 1.54) is 109 Å². The SMILES string of the molecule is CC1CCC(CCCCCCCCCCC2CCCC(C=O)C2)C(C)C1. The maximum Gasteiger partial charge on any atom is 0.123 e. The molecule has 1 heteroatoms. The lowest BCUT2D eigenvalue weighted by molar-refractivity contribution is -0.112. The van der Waals surface area contributed by atoms with Gasteiger partial charge in [0.1, 0.15) is 6.29 Å². The Hall–Kier alpha value is -0.330. The Bertz CT molecular complexity index is 363. The van der Waals surface area contributed by atoms with Crippen LogP contribution in [0.1, 0.15) is 123 Å². The molecular formula is C25H46O. The second kappa shape index (κ2) is 12.9. The molecule has 2 saturated carbocycles. The predicted molar refractivity (Wildman–Crippen MR) is 113 cm³/mol. The minimum atomic E-state index is 0.383. The van der Waals surface area contributed by atoms with E-state index < -0.39 is 0 Å². The second-order valence-corrected chi connectivity index (χ2v) is 9.99. The van der Waals surface area contributed by atoms with Crippen LogP contribution < -0.4 is 0 Å². The van der Waals surface area contributed by atoms with Gasteiger partial charge in [0.15, 0.2) is 0 Å². The Morgan fingerprint density at radius 1 is 0.731 bits per heavy atom. The van der Waals surface area contributed by atoms with Crippen LogP contribution >= 0.6 is 0 Å². The summed E-state index contributed by atoms with van der Waals surface area (Å²) >= 11 is 0. The summed E-state index contributed by atoms with van der Waals surface area (Å²) in [6.45, 7) is 4.93. The Morgan fingerprint density at radius 2 is 1.38 bits per heavy atom. The standard InChI is InChI=1S/C25H46O/c1-21-16-17-25(22(2)18-21)15-10-8-6-4-3-5-7-9-12-23-13-11-14-24(19-23)20-26/h20-25H,3-19H2,1-2H3. The zero-order valence-electron chi connectivity index (χ0n) is 17.9. The maximum absolute atomic E-state index is 10.9. The van der Waals surface area contributed by atoms with E-state index in [1.54, 1.807) is 0 Å². The van der Waals surface area contributed by atoms with Crippen molar-refractivity contribution >= 4 is 6.29 Å². The predicted octanol–water partition coefficient (Wildman–Crippen LogP) is 7.97. The minimum Gasteiger partial charge on any atom is -0.303 e. The highest BCUT2D eigenvalue weighted by atomic mass is 16.1.